The molecular weight excluding hydrogens is 284 g/mol. The van der Waals surface area contributed by atoms with Gasteiger partial charge in [0.25, 0.3) is 0 Å². The van der Waals surface area contributed by atoms with Crippen LogP contribution in [0.3, 0.4) is 0 Å². The van der Waals surface area contributed by atoms with E-state index in [4.69, 9.17) is 0 Å². The molecule has 1 fully saturated rings. The fraction of sp³-hybridized carbons (Fsp3) is 0.350. The minimum absolute atomic E-state index is 0.136. The average Bonchev–Trinajstić information content (AvgIpc) is 2.61. The Morgan fingerprint density at radius 2 is 1.43 bits per heavy atom. The maximum atomic E-state index is 12.8. The van der Waals surface area contributed by atoms with Gasteiger partial charge in [0.05, 0.1) is 33.2 Å². The van der Waals surface area contributed by atoms with E-state index in [1.54, 1.807) is 0 Å². The number of likely N-dealkylation sites (N-methyl/N-ethyl adjacent to an activating group) is 1. The van der Waals surface area contributed by atoms with Gasteiger partial charge in [-0.1, -0.05) is 60.7 Å². The van der Waals surface area contributed by atoms with Gasteiger partial charge in [-0.3, -0.25) is 4.79 Å². The molecule has 3 nitrogen and oxygen atoms in total. The molecule has 3 heteroatoms. The quantitative estimate of drug-likeness (QED) is 0.911. The Balaban J connectivity index is 1.78. The molecule has 2 aromatic rings. The molecule has 0 aromatic heterocycles. The van der Waals surface area contributed by atoms with Crippen LogP contribution in [-0.4, -0.2) is 44.0 Å². The predicted octanol–water partition coefficient (Wildman–Crippen LogP) is 1.57. The first kappa shape index (κ1) is 15.8. The Labute approximate surface area is 138 Å². The number of carbonyl (C=O) groups excluding carboxylic acids is 1. The molecule has 1 amide bonds. The first-order valence-corrected chi connectivity index (χ1v) is 8.43. The second-order valence-electron chi connectivity index (χ2n) is 6.42. The first-order valence-electron chi connectivity index (χ1n) is 8.43. The lowest BCUT2D eigenvalue weighted by Gasteiger charge is -2.31. The van der Waals surface area contributed by atoms with Crippen molar-refractivity contribution in [1.82, 2.24) is 4.90 Å². The summed E-state index contributed by atoms with van der Waals surface area (Å²) < 4.78 is 0. The van der Waals surface area contributed by atoms with Crippen molar-refractivity contribution in [2.75, 3.05) is 33.2 Å². The number of amides is 1. The predicted molar refractivity (Wildman–Crippen MR) is 92.5 cm³/mol. The van der Waals surface area contributed by atoms with Gasteiger partial charge in [-0.2, -0.15) is 0 Å². The molecule has 3 rings (SSSR count). The first-order chi connectivity index (χ1) is 11.2. The van der Waals surface area contributed by atoms with Gasteiger partial charge in [-0.05, 0) is 11.1 Å². The maximum Gasteiger partial charge on any atom is 0.223 e. The third kappa shape index (κ3) is 3.99. The summed E-state index contributed by atoms with van der Waals surface area (Å²) in [4.78, 5) is 16.3. The van der Waals surface area contributed by atoms with E-state index in [9.17, 15) is 4.79 Å². The highest BCUT2D eigenvalue weighted by Gasteiger charge is 2.25. The number of benzene rings is 2. The Hall–Kier alpha value is -2.13. The Morgan fingerprint density at radius 1 is 0.957 bits per heavy atom. The summed E-state index contributed by atoms with van der Waals surface area (Å²) in [7, 11) is 2.19. The lowest BCUT2D eigenvalue weighted by molar-refractivity contribution is -0.883. The number of hydrogen-bond donors (Lipinski definition) is 1. The highest BCUT2D eigenvalue weighted by atomic mass is 16.2. The average molecular weight is 309 g/mol. The molecule has 2 aromatic carbocycles. The van der Waals surface area contributed by atoms with E-state index in [2.05, 4.69) is 55.6 Å². The normalized spacial score (nSPS) is 15.8. The van der Waals surface area contributed by atoms with E-state index < -0.39 is 0 Å². The zero-order chi connectivity index (χ0) is 16.1. The molecule has 0 aliphatic carbocycles. The van der Waals surface area contributed by atoms with Crippen LogP contribution in [0.5, 0.6) is 0 Å². The summed E-state index contributed by atoms with van der Waals surface area (Å²) in [6, 6.07) is 20.7. The van der Waals surface area contributed by atoms with Gasteiger partial charge in [0.15, 0.2) is 0 Å². The van der Waals surface area contributed by atoms with Gasteiger partial charge < -0.3 is 9.80 Å². The number of carbonyl (C=O) groups is 1. The SMILES string of the molecule is C[NH+]1CCN(C(=O)CC(c2ccccc2)c2ccccc2)CC1. The summed E-state index contributed by atoms with van der Waals surface area (Å²) in [6.45, 7) is 3.85. The van der Waals surface area contributed by atoms with E-state index in [1.165, 1.54) is 16.0 Å². The minimum atomic E-state index is 0.136. The monoisotopic (exact) mass is 309 g/mol. The third-order valence-electron chi connectivity index (χ3n) is 4.75. The van der Waals surface area contributed by atoms with Crippen molar-refractivity contribution in [3.63, 3.8) is 0 Å². The fourth-order valence-electron chi connectivity index (χ4n) is 3.24. The van der Waals surface area contributed by atoms with Crippen LogP contribution in [0.2, 0.25) is 0 Å². The summed E-state index contributed by atoms with van der Waals surface area (Å²) in [5.74, 6) is 0.409. The lowest BCUT2D eigenvalue weighted by Crippen LogP contribution is -3.12. The van der Waals surface area contributed by atoms with Gasteiger partial charge in [0, 0.05) is 12.3 Å². The van der Waals surface area contributed by atoms with Crippen molar-refractivity contribution in [1.29, 1.82) is 0 Å². The molecule has 23 heavy (non-hydrogen) atoms. The molecule has 0 unspecified atom stereocenters. The number of quaternary nitrogens is 1. The van der Waals surface area contributed by atoms with Crippen molar-refractivity contribution < 1.29 is 9.69 Å². The molecule has 0 radical (unpaired) electrons. The van der Waals surface area contributed by atoms with Gasteiger partial charge in [0.2, 0.25) is 5.91 Å². The number of rotatable bonds is 4. The highest BCUT2D eigenvalue weighted by Crippen LogP contribution is 2.28. The van der Waals surface area contributed by atoms with Crippen molar-refractivity contribution in [3.05, 3.63) is 71.8 Å². The fourth-order valence-corrected chi connectivity index (χ4v) is 3.24. The molecule has 1 heterocycles. The minimum Gasteiger partial charge on any atom is -0.334 e. The second-order valence-corrected chi connectivity index (χ2v) is 6.42. The molecule has 0 saturated carbocycles. The van der Waals surface area contributed by atoms with Crippen molar-refractivity contribution in [3.8, 4) is 0 Å². The summed E-state index contributed by atoms with van der Waals surface area (Å²) >= 11 is 0. The third-order valence-corrected chi connectivity index (χ3v) is 4.75. The van der Waals surface area contributed by atoms with Crippen molar-refractivity contribution in [2.24, 2.45) is 0 Å². The van der Waals surface area contributed by atoms with Gasteiger partial charge >= 0.3 is 0 Å². The Kier molecular flexibility index (Phi) is 5.09. The largest absolute Gasteiger partial charge is 0.334 e. The van der Waals surface area contributed by atoms with Crippen LogP contribution >= 0.6 is 0 Å². The van der Waals surface area contributed by atoms with Crippen LogP contribution in [0.4, 0.5) is 0 Å². The second kappa shape index (κ2) is 7.42. The molecule has 1 aliphatic heterocycles. The molecule has 1 aliphatic rings. The van der Waals surface area contributed by atoms with E-state index in [0.29, 0.717) is 6.42 Å². The van der Waals surface area contributed by atoms with Gasteiger partial charge in [-0.25, -0.2) is 0 Å². The standard InChI is InChI=1S/C20H24N2O/c1-21-12-14-22(15-13-21)20(23)16-19(17-8-4-2-5-9-17)18-10-6-3-7-11-18/h2-11,19H,12-16H2,1H3/p+1. The van der Waals surface area contributed by atoms with Crippen molar-refractivity contribution >= 4 is 5.91 Å². The number of hydrogen-bond acceptors (Lipinski definition) is 1. The molecule has 1 saturated heterocycles. The number of piperazine rings is 1. The number of nitrogens with zero attached hydrogens (tertiary/aromatic N) is 1. The van der Waals surface area contributed by atoms with E-state index >= 15 is 0 Å². The summed E-state index contributed by atoms with van der Waals surface area (Å²) in [6.07, 6.45) is 0.549. The van der Waals surface area contributed by atoms with Crippen LogP contribution in [0.1, 0.15) is 23.5 Å². The highest BCUT2D eigenvalue weighted by molar-refractivity contribution is 5.78. The summed E-state index contributed by atoms with van der Waals surface area (Å²) in [5, 5.41) is 0. The smallest absolute Gasteiger partial charge is 0.223 e. The molecule has 120 valence electrons. The molecule has 0 spiro atoms. The lowest BCUT2D eigenvalue weighted by atomic mass is 9.88. The molecule has 1 N–H and O–H groups in total. The van der Waals surface area contributed by atoms with E-state index in [0.717, 1.165) is 26.2 Å². The van der Waals surface area contributed by atoms with E-state index in [1.807, 2.05) is 17.0 Å². The van der Waals surface area contributed by atoms with Crippen LogP contribution < -0.4 is 4.90 Å². The van der Waals surface area contributed by atoms with Crippen LogP contribution in [0.15, 0.2) is 60.7 Å². The Morgan fingerprint density at radius 3 is 1.91 bits per heavy atom. The Bertz CT molecular complexity index is 579. The van der Waals surface area contributed by atoms with E-state index in [-0.39, 0.29) is 11.8 Å². The maximum absolute atomic E-state index is 12.8. The topological polar surface area (TPSA) is 24.8 Å². The molecular formula is C20H25N2O+. The number of nitrogens with one attached hydrogen (secondary N) is 1. The zero-order valence-electron chi connectivity index (χ0n) is 13.7. The van der Waals surface area contributed by atoms with Gasteiger partial charge in [-0.15, -0.1) is 0 Å². The van der Waals surface area contributed by atoms with Crippen molar-refractivity contribution in [2.45, 2.75) is 12.3 Å². The summed E-state index contributed by atoms with van der Waals surface area (Å²) in [5.41, 5.74) is 2.43. The molecule has 0 atom stereocenters. The van der Waals surface area contributed by atoms with Crippen LogP contribution in [0, 0.1) is 0 Å². The van der Waals surface area contributed by atoms with Crippen LogP contribution in [0.25, 0.3) is 0 Å². The molecule has 0 bridgehead atoms. The van der Waals surface area contributed by atoms with Gasteiger partial charge in [0.1, 0.15) is 0 Å². The van der Waals surface area contributed by atoms with Crippen LogP contribution in [-0.2, 0) is 4.79 Å². The zero-order valence-corrected chi connectivity index (χ0v) is 13.7.